The highest BCUT2D eigenvalue weighted by atomic mass is 16.1. The summed E-state index contributed by atoms with van der Waals surface area (Å²) in [5, 5.41) is 7.36. The Hall–Kier alpha value is -2.67. The summed E-state index contributed by atoms with van der Waals surface area (Å²) in [4.78, 5) is 19.8. The number of hydrogen-bond acceptors (Lipinski definition) is 4. The lowest BCUT2D eigenvalue weighted by molar-refractivity contribution is 0.102. The first-order valence-corrected chi connectivity index (χ1v) is 9.60. The van der Waals surface area contributed by atoms with Crippen LogP contribution < -0.4 is 5.32 Å². The molecule has 0 bridgehead atoms. The fraction of sp³-hybridized carbons (Fsp3) is 0.450. The molecule has 0 saturated carbocycles. The molecule has 7 nitrogen and oxygen atoms in total. The number of hydrogen-bond donors (Lipinski definition) is 1. The molecule has 0 fully saturated rings. The van der Waals surface area contributed by atoms with Gasteiger partial charge in [0.2, 0.25) is 5.95 Å². The van der Waals surface area contributed by atoms with Crippen LogP contribution >= 0.6 is 0 Å². The smallest absolute Gasteiger partial charge is 0.261 e. The van der Waals surface area contributed by atoms with Gasteiger partial charge in [-0.15, -0.1) is 0 Å². The third-order valence-electron chi connectivity index (χ3n) is 4.93. The van der Waals surface area contributed by atoms with E-state index in [2.05, 4.69) is 38.7 Å². The minimum atomic E-state index is -0.174. The molecule has 0 radical (unpaired) electrons. The van der Waals surface area contributed by atoms with Gasteiger partial charge < -0.3 is 9.47 Å². The number of likely N-dealkylation sites (N-methyl/N-ethyl adjacent to an activating group) is 1. The molecule has 0 aliphatic rings. The van der Waals surface area contributed by atoms with Gasteiger partial charge in [-0.3, -0.25) is 14.8 Å². The third-order valence-corrected chi connectivity index (χ3v) is 4.93. The van der Waals surface area contributed by atoms with Crippen LogP contribution in [0.4, 0.5) is 5.95 Å². The third kappa shape index (κ3) is 4.03. The number of amides is 1. The monoisotopic (exact) mass is 368 g/mol. The normalized spacial score (nSPS) is 11.4. The summed E-state index contributed by atoms with van der Waals surface area (Å²) in [6, 6.07) is 7.98. The number of nitrogens with one attached hydrogen (secondary N) is 1. The Kier molecular flexibility index (Phi) is 5.91. The molecular weight excluding hydrogens is 340 g/mol. The zero-order chi connectivity index (χ0) is 19.4. The number of rotatable bonds is 8. The Labute approximate surface area is 160 Å². The van der Waals surface area contributed by atoms with E-state index in [0.717, 1.165) is 49.5 Å². The highest BCUT2D eigenvalue weighted by Gasteiger charge is 2.18. The van der Waals surface area contributed by atoms with E-state index in [4.69, 9.17) is 0 Å². The van der Waals surface area contributed by atoms with Crippen molar-refractivity contribution in [1.29, 1.82) is 0 Å². The minimum Gasteiger partial charge on any atom is -0.309 e. The number of anilines is 1. The van der Waals surface area contributed by atoms with Crippen molar-refractivity contribution in [3.05, 3.63) is 41.7 Å². The number of nitrogens with zero attached hydrogens (tertiary/aromatic N) is 5. The molecule has 1 aromatic carbocycles. The number of para-hydroxylation sites is 2. The van der Waals surface area contributed by atoms with Gasteiger partial charge in [-0.2, -0.15) is 5.10 Å². The Morgan fingerprint density at radius 2 is 1.93 bits per heavy atom. The van der Waals surface area contributed by atoms with E-state index in [-0.39, 0.29) is 5.91 Å². The van der Waals surface area contributed by atoms with Gasteiger partial charge in [0, 0.05) is 25.8 Å². The predicted octanol–water partition coefficient (Wildman–Crippen LogP) is 3.16. The van der Waals surface area contributed by atoms with Crippen molar-refractivity contribution in [3.8, 4) is 0 Å². The fourth-order valence-electron chi connectivity index (χ4n) is 3.25. The van der Waals surface area contributed by atoms with E-state index in [1.807, 2.05) is 38.1 Å². The van der Waals surface area contributed by atoms with E-state index < -0.39 is 0 Å². The molecule has 2 aromatic heterocycles. The summed E-state index contributed by atoms with van der Waals surface area (Å²) in [6.45, 7) is 12.6. The Balaban J connectivity index is 1.89. The van der Waals surface area contributed by atoms with Crippen molar-refractivity contribution in [2.45, 2.75) is 40.8 Å². The lowest BCUT2D eigenvalue weighted by atomic mass is 10.2. The van der Waals surface area contributed by atoms with Gasteiger partial charge in [0.1, 0.15) is 0 Å². The first-order valence-electron chi connectivity index (χ1n) is 9.60. The Bertz CT molecular complexity index is 922. The summed E-state index contributed by atoms with van der Waals surface area (Å²) in [5.74, 6) is 0.406. The van der Waals surface area contributed by atoms with Gasteiger partial charge in [-0.25, -0.2) is 4.98 Å². The molecule has 7 heteroatoms. The lowest BCUT2D eigenvalue weighted by Gasteiger charge is -2.19. The van der Waals surface area contributed by atoms with Crippen LogP contribution in [-0.4, -0.2) is 49.8 Å². The van der Waals surface area contributed by atoms with Gasteiger partial charge >= 0.3 is 0 Å². The van der Waals surface area contributed by atoms with Gasteiger partial charge in [0.05, 0.1) is 22.3 Å². The highest BCUT2D eigenvalue weighted by Crippen LogP contribution is 2.20. The summed E-state index contributed by atoms with van der Waals surface area (Å²) in [6.07, 6.45) is 1.79. The largest absolute Gasteiger partial charge is 0.309 e. The fourth-order valence-corrected chi connectivity index (χ4v) is 3.25. The van der Waals surface area contributed by atoms with Crippen molar-refractivity contribution in [2.75, 3.05) is 25.0 Å². The predicted molar refractivity (Wildman–Crippen MR) is 108 cm³/mol. The van der Waals surface area contributed by atoms with Crippen LogP contribution in [-0.2, 0) is 13.1 Å². The van der Waals surface area contributed by atoms with Crippen LogP contribution in [0.1, 0.15) is 36.8 Å². The molecule has 0 atom stereocenters. The van der Waals surface area contributed by atoms with Crippen LogP contribution in [0.25, 0.3) is 11.0 Å². The maximum Gasteiger partial charge on any atom is 0.261 e. The molecule has 0 unspecified atom stereocenters. The van der Waals surface area contributed by atoms with Gasteiger partial charge in [0.25, 0.3) is 5.91 Å². The average molecular weight is 368 g/mol. The van der Waals surface area contributed by atoms with E-state index in [1.54, 1.807) is 10.9 Å². The SMILES string of the molecule is CCN(CC)CCn1c(NC(=O)c2cn(CC)nc2C)nc2ccccc21. The molecule has 2 heterocycles. The van der Waals surface area contributed by atoms with Crippen molar-refractivity contribution in [3.63, 3.8) is 0 Å². The molecule has 0 aliphatic carbocycles. The molecule has 0 saturated heterocycles. The molecule has 0 aliphatic heterocycles. The van der Waals surface area contributed by atoms with Gasteiger partial charge in [0.15, 0.2) is 0 Å². The van der Waals surface area contributed by atoms with E-state index >= 15 is 0 Å². The van der Waals surface area contributed by atoms with Crippen molar-refractivity contribution >= 4 is 22.9 Å². The number of fused-ring (bicyclic) bond motifs is 1. The second-order valence-electron chi connectivity index (χ2n) is 6.54. The zero-order valence-corrected chi connectivity index (χ0v) is 16.6. The number of imidazole rings is 1. The van der Waals surface area contributed by atoms with E-state index in [1.165, 1.54) is 0 Å². The standard InChI is InChI=1S/C20H28N6O/c1-5-24(6-2)12-13-26-18-11-9-8-10-17(18)21-20(26)22-19(27)16-14-25(7-3)23-15(16)4/h8-11,14H,5-7,12-13H2,1-4H3,(H,21,22,27). The topological polar surface area (TPSA) is 68.0 Å². The molecule has 27 heavy (non-hydrogen) atoms. The summed E-state index contributed by atoms with van der Waals surface area (Å²) in [5.41, 5.74) is 3.22. The first kappa shape index (κ1) is 19.1. The van der Waals surface area contributed by atoms with E-state index in [9.17, 15) is 4.79 Å². The summed E-state index contributed by atoms with van der Waals surface area (Å²) >= 11 is 0. The summed E-state index contributed by atoms with van der Waals surface area (Å²) in [7, 11) is 0. The second kappa shape index (κ2) is 8.35. The van der Waals surface area contributed by atoms with Crippen LogP contribution in [0.3, 0.4) is 0 Å². The Morgan fingerprint density at radius 3 is 2.59 bits per heavy atom. The molecule has 144 valence electrons. The molecule has 3 rings (SSSR count). The van der Waals surface area contributed by atoms with E-state index in [0.29, 0.717) is 11.5 Å². The zero-order valence-electron chi connectivity index (χ0n) is 16.6. The van der Waals surface area contributed by atoms with Crippen LogP contribution in [0, 0.1) is 6.92 Å². The number of aromatic nitrogens is 4. The van der Waals surface area contributed by atoms with Gasteiger partial charge in [-0.1, -0.05) is 26.0 Å². The van der Waals surface area contributed by atoms with Crippen molar-refractivity contribution < 1.29 is 4.79 Å². The van der Waals surface area contributed by atoms with Crippen LogP contribution in [0.15, 0.2) is 30.5 Å². The lowest BCUT2D eigenvalue weighted by Crippen LogP contribution is -2.27. The Morgan fingerprint density at radius 1 is 1.19 bits per heavy atom. The van der Waals surface area contributed by atoms with Crippen LogP contribution in [0.5, 0.6) is 0 Å². The number of carbonyl (C=O) groups excluding carboxylic acids is 1. The molecule has 0 spiro atoms. The van der Waals surface area contributed by atoms with Gasteiger partial charge in [-0.05, 0) is 39.1 Å². The highest BCUT2D eigenvalue weighted by molar-refractivity contribution is 6.04. The number of benzene rings is 1. The second-order valence-corrected chi connectivity index (χ2v) is 6.54. The molecule has 1 amide bonds. The quantitative estimate of drug-likeness (QED) is 0.663. The van der Waals surface area contributed by atoms with Crippen LogP contribution in [0.2, 0.25) is 0 Å². The maximum atomic E-state index is 12.8. The first-order chi connectivity index (χ1) is 13.1. The molecular formula is C20H28N6O. The maximum absolute atomic E-state index is 12.8. The molecule has 3 aromatic rings. The summed E-state index contributed by atoms with van der Waals surface area (Å²) < 4.78 is 3.86. The van der Waals surface area contributed by atoms with Crippen molar-refractivity contribution in [2.24, 2.45) is 0 Å². The van der Waals surface area contributed by atoms with Crippen molar-refractivity contribution in [1.82, 2.24) is 24.2 Å². The average Bonchev–Trinajstić information content (AvgIpc) is 3.22. The number of aryl methyl sites for hydroxylation is 2. The molecule has 1 N–H and O–H groups in total. The number of carbonyl (C=O) groups is 1. The minimum absolute atomic E-state index is 0.174.